The Hall–Kier alpha value is -1.18. The highest BCUT2D eigenvalue weighted by Crippen LogP contribution is 1.90. The van der Waals surface area contributed by atoms with Gasteiger partial charge in [0.1, 0.15) is 0 Å². The third kappa shape index (κ3) is 7.67. The van der Waals surface area contributed by atoms with E-state index in [-0.39, 0.29) is 24.0 Å². The molecule has 0 radical (unpaired) electrons. The molecule has 0 saturated carbocycles. The van der Waals surface area contributed by atoms with E-state index in [0.29, 0.717) is 19.0 Å². The first-order chi connectivity index (χ1) is 7.68. The quantitative estimate of drug-likeness (QED) is 0.362. The highest BCUT2D eigenvalue weighted by Gasteiger charge is 1.94. The van der Waals surface area contributed by atoms with Gasteiger partial charge in [-0.25, -0.2) is 4.99 Å². The fourth-order valence-electron chi connectivity index (χ4n) is 1.05. The summed E-state index contributed by atoms with van der Waals surface area (Å²) < 4.78 is 0. The zero-order chi connectivity index (χ0) is 11.8. The summed E-state index contributed by atoms with van der Waals surface area (Å²) in [5.41, 5.74) is 7.57. The second-order valence-corrected chi connectivity index (χ2v) is 3.53. The Morgan fingerprint density at radius 2 is 2.29 bits per heavy atom. The molecule has 1 aromatic rings. The molecule has 0 amide bonds. The zero-order valence-corrected chi connectivity index (χ0v) is 12.2. The Morgan fingerprint density at radius 3 is 2.88 bits per heavy atom. The molecule has 0 aliphatic rings. The van der Waals surface area contributed by atoms with Crippen molar-refractivity contribution >= 4 is 29.9 Å². The molecule has 5 nitrogen and oxygen atoms in total. The van der Waals surface area contributed by atoms with E-state index in [1.807, 2.05) is 6.92 Å². The van der Waals surface area contributed by atoms with E-state index >= 15 is 0 Å². The number of rotatable bonds is 5. The molecule has 0 aliphatic carbocycles. The number of aliphatic imine (C=N–C) groups is 1. The maximum atomic E-state index is 5.65. The molecule has 1 aromatic heterocycles. The van der Waals surface area contributed by atoms with Crippen LogP contribution in [0.25, 0.3) is 0 Å². The van der Waals surface area contributed by atoms with Crippen molar-refractivity contribution in [2.45, 2.75) is 13.3 Å². The van der Waals surface area contributed by atoms with E-state index in [4.69, 9.17) is 5.73 Å². The molecule has 0 unspecified atom stereocenters. The summed E-state index contributed by atoms with van der Waals surface area (Å²) in [6.45, 7) is 6.92. The van der Waals surface area contributed by atoms with E-state index < -0.39 is 0 Å². The predicted octanol–water partition coefficient (Wildman–Crippen LogP) is 1.12. The maximum Gasteiger partial charge on any atom is 0.188 e. The van der Waals surface area contributed by atoms with Crippen molar-refractivity contribution in [3.05, 3.63) is 36.4 Å². The Bertz CT molecular complexity index is 363. The standard InChI is InChI=1S/C11H17N5.HI/c1-9(2)7-16-11(12)15-4-3-10-8-13-5-6-14-10;/h5-6,8H,1,3-4,7H2,2H3,(H3,12,15,16);1H. The third-order valence-electron chi connectivity index (χ3n) is 1.82. The molecule has 3 N–H and O–H groups in total. The van der Waals surface area contributed by atoms with Crippen molar-refractivity contribution < 1.29 is 0 Å². The van der Waals surface area contributed by atoms with Crippen LogP contribution < -0.4 is 11.1 Å². The normalized spacial score (nSPS) is 10.5. The molecule has 0 spiro atoms. The molecule has 17 heavy (non-hydrogen) atoms. The number of guanidine groups is 1. The molecule has 0 bridgehead atoms. The van der Waals surface area contributed by atoms with Gasteiger partial charge in [-0.05, 0) is 6.92 Å². The van der Waals surface area contributed by atoms with Gasteiger partial charge in [0.2, 0.25) is 0 Å². The van der Waals surface area contributed by atoms with Crippen LogP contribution in [0.15, 0.2) is 35.7 Å². The number of hydrogen-bond acceptors (Lipinski definition) is 3. The second kappa shape index (κ2) is 8.91. The molecular weight excluding hydrogens is 329 g/mol. The smallest absolute Gasteiger partial charge is 0.188 e. The van der Waals surface area contributed by atoms with Gasteiger partial charge in [-0.1, -0.05) is 12.2 Å². The van der Waals surface area contributed by atoms with Gasteiger partial charge in [-0.15, -0.1) is 24.0 Å². The van der Waals surface area contributed by atoms with Crippen LogP contribution in [0.4, 0.5) is 0 Å². The van der Waals surface area contributed by atoms with Crippen LogP contribution in [0.3, 0.4) is 0 Å². The fourth-order valence-corrected chi connectivity index (χ4v) is 1.05. The number of aromatic nitrogens is 2. The van der Waals surface area contributed by atoms with Gasteiger partial charge < -0.3 is 11.1 Å². The Balaban J connectivity index is 0.00000256. The zero-order valence-electron chi connectivity index (χ0n) is 9.89. The van der Waals surface area contributed by atoms with Gasteiger partial charge in [0, 0.05) is 31.6 Å². The molecule has 1 rings (SSSR count). The summed E-state index contributed by atoms with van der Waals surface area (Å²) in [4.78, 5) is 12.2. The number of halogens is 1. The third-order valence-corrected chi connectivity index (χ3v) is 1.82. The molecule has 6 heteroatoms. The summed E-state index contributed by atoms with van der Waals surface area (Å²) in [7, 11) is 0. The lowest BCUT2D eigenvalue weighted by molar-refractivity contribution is 0.824. The largest absolute Gasteiger partial charge is 0.370 e. The fraction of sp³-hybridized carbons (Fsp3) is 0.364. The van der Waals surface area contributed by atoms with Gasteiger partial charge >= 0.3 is 0 Å². The van der Waals surface area contributed by atoms with E-state index in [1.54, 1.807) is 18.6 Å². The minimum absolute atomic E-state index is 0. The van der Waals surface area contributed by atoms with Crippen molar-refractivity contribution in [2.24, 2.45) is 10.7 Å². The Labute approximate surface area is 119 Å². The van der Waals surface area contributed by atoms with Crippen molar-refractivity contribution in [3.63, 3.8) is 0 Å². The molecule has 0 atom stereocenters. The number of hydrogen-bond donors (Lipinski definition) is 2. The van der Waals surface area contributed by atoms with E-state index in [9.17, 15) is 0 Å². The summed E-state index contributed by atoms with van der Waals surface area (Å²) in [5, 5.41) is 3.01. The Morgan fingerprint density at radius 1 is 1.53 bits per heavy atom. The predicted molar refractivity (Wildman–Crippen MR) is 80.5 cm³/mol. The SMILES string of the molecule is C=C(C)CN=C(N)NCCc1cnccn1.I. The molecule has 94 valence electrons. The maximum absolute atomic E-state index is 5.65. The van der Waals surface area contributed by atoms with Crippen molar-refractivity contribution in [1.82, 2.24) is 15.3 Å². The minimum Gasteiger partial charge on any atom is -0.370 e. The Kier molecular flexibility index (Phi) is 8.29. The lowest BCUT2D eigenvalue weighted by Gasteiger charge is -2.04. The van der Waals surface area contributed by atoms with Crippen LogP contribution in [0.5, 0.6) is 0 Å². The van der Waals surface area contributed by atoms with Crippen LogP contribution in [-0.2, 0) is 6.42 Å². The topological polar surface area (TPSA) is 76.2 Å². The number of nitrogens with zero attached hydrogens (tertiary/aromatic N) is 3. The highest BCUT2D eigenvalue weighted by atomic mass is 127. The first-order valence-corrected chi connectivity index (χ1v) is 5.11. The lowest BCUT2D eigenvalue weighted by Crippen LogP contribution is -2.33. The first kappa shape index (κ1) is 15.8. The van der Waals surface area contributed by atoms with Crippen LogP contribution >= 0.6 is 24.0 Å². The summed E-state index contributed by atoms with van der Waals surface area (Å²) in [6, 6.07) is 0. The highest BCUT2D eigenvalue weighted by molar-refractivity contribution is 14.0. The van der Waals surface area contributed by atoms with Crippen molar-refractivity contribution in [2.75, 3.05) is 13.1 Å². The molecule has 0 aromatic carbocycles. The number of nitrogens with one attached hydrogen (secondary N) is 1. The van der Waals surface area contributed by atoms with E-state index in [0.717, 1.165) is 17.7 Å². The molecule has 0 fully saturated rings. The monoisotopic (exact) mass is 347 g/mol. The average Bonchev–Trinajstić information content (AvgIpc) is 2.28. The van der Waals surface area contributed by atoms with Crippen LogP contribution in [-0.4, -0.2) is 29.0 Å². The summed E-state index contributed by atoms with van der Waals surface area (Å²) in [5.74, 6) is 0.437. The van der Waals surface area contributed by atoms with Crippen molar-refractivity contribution in [1.29, 1.82) is 0 Å². The van der Waals surface area contributed by atoms with Crippen molar-refractivity contribution in [3.8, 4) is 0 Å². The lowest BCUT2D eigenvalue weighted by atomic mass is 10.3. The van der Waals surface area contributed by atoms with Crippen LogP contribution in [0.2, 0.25) is 0 Å². The number of nitrogens with two attached hydrogens (primary N) is 1. The van der Waals surface area contributed by atoms with Gasteiger partial charge in [0.25, 0.3) is 0 Å². The molecule has 1 heterocycles. The van der Waals surface area contributed by atoms with E-state index in [1.165, 1.54) is 0 Å². The summed E-state index contributed by atoms with van der Waals surface area (Å²) >= 11 is 0. The second-order valence-electron chi connectivity index (χ2n) is 3.53. The van der Waals surface area contributed by atoms with E-state index in [2.05, 4.69) is 26.9 Å². The molecule has 0 aliphatic heterocycles. The first-order valence-electron chi connectivity index (χ1n) is 5.11. The average molecular weight is 347 g/mol. The van der Waals surface area contributed by atoms with Gasteiger partial charge in [-0.2, -0.15) is 0 Å². The minimum atomic E-state index is 0. The van der Waals surface area contributed by atoms with Crippen LogP contribution in [0.1, 0.15) is 12.6 Å². The van der Waals surface area contributed by atoms with Gasteiger partial charge in [0.15, 0.2) is 5.96 Å². The van der Waals surface area contributed by atoms with Gasteiger partial charge in [-0.3, -0.25) is 9.97 Å². The van der Waals surface area contributed by atoms with Gasteiger partial charge in [0.05, 0.1) is 12.2 Å². The molecule has 0 saturated heterocycles. The van der Waals surface area contributed by atoms with Crippen LogP contribution in [0, 0.1) is 0 Å². The summed E-state index contributed by atoms with van der Waals surface area (Å²) in [6.07, 6.45) is 5.84. The molecular formula is C11H18IN5.